The predicted octanol–water partition coefficient (Wildman–Crippen LogP) is 4.63. The molecule has 3 aromatic carbocycles. The van der Waals surface area contributed by atoms with E-state index < -0.39 is 10.0 Å². The maximum Gasteiger partial charge on any atom is 0.229 e. The third kappa shape index (κ3) is 5.83. The highest BCUT2D eigenvalue weighted by Crippen LogP contribution is 2.37. The summed E-state index contributed by atoms with van der Waals surface area (Å²) in [7, 11) is -3.58. The summed E-state index contributed by atoms with van der Waals surface area (Å²) >= 11 is 0. The molecule has 0 heterocycles. The number of hydrogen-bond acceptors (Lipinski definition) is 5. The van der Waals surface area contributed by atoms with E-state index in [1.807, 2.05) is 36.4 Å². The molecule has 0 unspecified atom stereocenters. The maximum absolute atomic E-state index is 12.2. The third-order valence-corrected chi connectivity index (χ3v) is 4.56. The van der Waals surface area contributed by atoms with Crippen LogP contribution in [-0.4, -0.2) is 20.5 Å². The fraction of sp³-hybridized carbons (Fsp3) is 0.136. The number of carbonyl (C=O) groups is 1. The van der Waals surface area contributed by atoms with Crippen LogP contribution in [0.15, 0.2) is 72.8 Å². The van der Waals surface area contributed by atoms with E-state index >= 15 is 0 Å². The largest absolute Gasteiger partial charge is 0.488 e. The molecule has 0 bridgehead atoms. The molecule has 3 rings (SSSR count). The van der Waals surface area contributed by atoms with Crippen molar-refractivity contribution < 1.29 is 22.7 Å². The lowest BCUT2D eigenvalue weighted by atomic mass is 10.1. The number of ketones is 1. The third-order valence-electron chi connectivity index (χ3n) is 3.96. The maximum atomic E-state index is 12.2. The highest BCUT2D eigenvalue weighted by atomic mass is 32.2. The predicted molar refractivity (Wildman–Crippen MR) is 112 cm³/mol. The molecule has 0 radical (unpaired) electrons. The van der Waals surface area contributed by atoms with Crippen molar-refractivity contribution in [2.45, 2.75) is 13.5 Å². The molecule has 0 aromatic heterocycles. The summed E-state index contributed by atoms with van der Waals surface area (Å²) in [4.78, 5) is 12.2. The van der Waals surface area contributed by atoms with Crippen LogP contribution in [0.25, 0.3) is 0 Å². The number of sulfonamides is 1. The first kappa shape index (κ1) is 20.4. The number of ether oxygens (including phenoxy) is 2. The van der Waals surface area contributed by atoms with Crippen molar-refractivity contribution in [3.63, 3.8) is 0 Å². The number of Topliss-reactive ketones (excluding diaryl/α,β-unsaturated/α-hetero) is 1. The Hall–Kier alpha value is -3.32. The number of anilines is 1. The first-order chi connectivity index (χ1) is 13.8. The Morgan fingerprint density at radius 2 is 1.55 bits per heavy atom. The van der Waals surface area contributed by atoms with Crippen molar-refractivity contribution in [3.8, 4) is 17.2 Å². The number of nitrogens with one attached hydrogen (secondary N) is 1. The van der Waals surface area contributed by atoms with Crippen molar-refractivity contribution in [1.82, 2.24) is 0 Å². The summed E-state index contributed by atoms with van der Waals surface area (Å²) in [6, 6.07) is 21.3. The van der Waals surface area contributed by atoms with E-state index in [0.717, 1.165) is 11.8 Å². The molecule has 0 aliphatic rings. The van der Waals surface area contributed by atoms with Crippen LogP contribution in [0.1, 0.15) is 22.8 Å². The lowest BCUT2D eigenvalue weighted by molar-refractivity contribution is 0.101. The number of rotatable bonds is 8. The average Bonchev–Trinajstić information content (AvgIpc) is 2.68. The molecule has 0 aliphatic carbocycles. The van der Waals surface area contributed by atoms with Gasteiger partial charge >= 0.3 is 0 Å². The van der Waals surface area contributed by atoms with Crippen LogP contribution in [0.5, 0.6) is 17.2 Å². The summed E-state index contributed by atoms with van der Waals surface area (Å²) in [6.07, 6.45) is 1.04. The second-order valence-electron chi connectivity index (χ2n) is 6.46. The molecule has 29 heavy (non-hydrogen) atoms. The molecular formula is C22H21NO5S. The van der Waals surface area contributed by atoms with Gasteiger partial charge in [0.1, 0.15) is 18.1 Å². The molecule has 6 nitrogen and oxygen atoms in total. The zero-order valence-electron chi connectivity index (χ0n) is 16.1. The van der Waals surface area contributed by atoms with Crippen LogP contribution in [-0.2, 0) is 16.6 Å². The van der Waals surface area contributed by atoms with Crippen molar-refractivity contribution in [2.24, 2.45) is 0 Å². The van der Waals surface area contributed by atoms with E-state index in [1.165, 1.54) is 19.1 Å². The van der Waals surface area contributed by atoms with Gasteiger partial charge < -0.3 is 9.47 Å². The molecule has 0 spiro atoms. The number of para-hydroxylation sites is 1. The number of benzene rings is 3. The van der Waals surface area contributed by atoms with Gasteiger partial charge in [-0.15, -0.1) is 0 Å². The van der Waals surface area contributed by atoms with Crippen LogP contribution in [0, 0.1) is 0 Å². The van der Waals surface area contributed by atoms with Gasteiger partial charge in [-0.3, -0.25) is 9.52 Å². The second-order valence-corrected chi connectivity index (χ2v) is 8.21. The minimum Gasteiger partial charge on any atom is -0.488 e. The van der Waals surface area contributed by atoms with E-state index in [9.17, 15) is 13.2 Å². The van der Waals surface area contributed by atoms with Gasteiger partial charge in [-0.1, -0.05) is 48.5 Å². The Morgan fingerprint density at radius 3 is 2.14 bits per heavy atom. The highest BCUT2D eigenvalue weighted by Gasteiger charge is 2.18. The van der Waals surface area contributed by atoms with Gasteiger partial charge in [0.15, 0.2) is 11.5 Å². The second kappa shape index (κ2) is 8.79. The first-order valence-electron chi connectivity index (χ1n) is 8.88. The number of hydrogen-bond donors (Lipinski definition) is 1. The molecule has 0 amide bonds. The van der Waals surface area contributed by atoms with Gasteiger partial charge in [-0.2, -0.15) is 0 Å². The molecule has 150 valence electrons. The zero-order valence-corrected chi connectivity index (χ0v) is 16.9. The SMILES string of the molecule is CC(=O)c1cc(Oc2ccccc2)c(NS(C)(=O)=O)cc1OCc1ccccc1. The lowest BCUT2D eigenvalue weighted by Crippen LogP contribution is -2.12. The molecule has 7 heteroatoms. The van der Waals surface area contributed by atoms with Crippen LogP contribution < -0.4 is 14.2 Å². The summed E-state index contributed by atoms with van der Waals surface area (Å²) in [5.74, 6) is 0.764. The zero-order chi connectivity index (χ0) is 20.9. The molecule has 0 saturated heterocycles. The minimum absolute atomic E-state index is 0.185. The Kier molecular flexibility index (Phi) is 6.19. The fourth-order valence-corrected chi connectivity index (χ4v) is 3.23. The van der Waals surface area contributed by atoms with E-state index in [0.29, 0.717) is 11.3 Å². The van der Waals surface area contributed by atoms with Crippen molar-refractivity contribution in [2.75, 3.05) is 11.0 Å². The minimum atomic E-state index is -3.58. The van der Waals surface area contributed by atoms with Crippen LogP contribution >= 0.6 is 0 Å². The van der Waals surface area contributed by atoms with Crippen LogP contribution in [0.4, 0.5) is 5.69 Å². The lowest BCUT2D eigenvalue weighted by Gasteiger charge is -2.17. The van der Waals surface area contributed by atoms with Gasteiger partial charge in [0.2, 0.25) is 10.0 Å². The van der Waals surface area contributed by atoms with Gasteiger partial charge in [0.25, 0.3) is 0 Å². The number of carbonyl (C=O) groups excluding carboxylic acids is 1. The molecule has 0 fully saturated rings. The Labute approximate surface area is 170 Å². The smallest absolute Gasteiger partial charge is 0.229 e. The van der Waals surface area contributed by atoms with Gasteiger partial charge in [0, 0.05) is 6.07 Å². The summed E-state index contributed by atoms with van der Waals surface area (Å²) < 4.78 is 37.8. The van der Waals surface area contributed by atoms with Crippen LogP contribution in [0.2, 0.25) is 0 Å². The normalized spacial score (nSPS) is 11.0. The molecule has 0 aliphatic heterocycles. The molecule has 3 aromatic rings. The van der Waals surface area contributed by atoms with Crippen molar-refractivity contribution in [3.05, 3.63) is 83.9 Å². The topological polar surface area (TPSA) is 81.7 Å². The monoisotopic (exact) mass is 411 g/mol. The molecular weight excluding hydrogens is 390 g/mol. The quantitative estimate of drug-likeness (QED) is 0.547. The summed E-state index contributed by atoms with van der Waals surface area (Å²) in [5.41, 5.74) is 1.40. The first-order valence-corrected chi connectivity index (χ1v) is 10.8. The van der Waals surface area contributed by atoms with Gasteiger partial charge in [0.05, 0.1) is 17.5 Å². The standard InChI is InChI=1S/C22H21NO5S/c1-16(24)19-13-22(28-18-11-7-4-8-12-18)20(23-29(2,25)26)14-21(19)27-15-17-9-5-3-6-10-17/h3-14,23H,15H2,1-2H3. The highest BCUT2D eigenvalue weighted by molar-refractivity contribution is 7.92. The fourth-order valence-electron chi connectivity index (χ4n) is 2.67. The van der Waals surface area contributed by atoms with E-state index in [2.05, 4.69) is 4.72 Å². The Bertz CT molecular complexity index is 1100. The van der Waals surface area contributed by atoms with Crippen molar-refractivity contribution >= 4 is 21.5 Å². The van der Waals surface area contributed by atoms with Gasteiger partial charge in [-0.25, -0.2) is 8.42 Å². The molecule has 0 saturated carbocycles. The van der Waals surface area contributed by atoms with Crippen LogP contribution in [0.3, 0.4) is 0 Å². The van der Waals surface area contributed by atoms with E-state index in [1.54, 1.807) is 24.3 Å². The van der Waals surface area contributed by atoms with Crippen molar-refractivity contribution in [1.29, 1.82) is 0 Å². The summed E-state index contributed by atoms with van der Waals surface area (Å²) in [5, 5.41) is 0. The summed E-state index contributed by atoms with van der Waals surface area (Å²) in [6.45, 7) is 1.65. The van der Waals surface area contributed by atoms with E-state index in [4.69, 9.17) is 9.47 Å². The molecule has 0 atom stereocenters. The average molecular weight is 411 g/mol. The van der Waals surface area contributed by atoms with Gasteiger partial charge in [-0.05, 0) is 30.7 Å². The van der Waals surface area contributed by atoms with E-state index in [-0.39, 0.29) is 29.6 Å². The Balaban J connectivity index is 2.00. The Morgan fingerprint density at radius 1 is 0.931 bits per heavy atom. The molecule has 1 N–H and O–H groups in total.